The van der Waals surface area contributed by atoms with Crippen molar-refractivity contribution in [1.82, 2.24) is 0 Å². The van der Waals surface area contributed by atoms with Gasteiger partial charge >= 0.3 is 0 Å². The fourth-order valence-electron chi connectivity index (χ4n) is 3.00. The van der Waals surface area contributed by atoms with Gasteiger partial charge in [0.2, 0.25) is 0 Å². The Balaban J connectivity index is 2.03. The van der Waals surface area contributed by atoms with E-state index in [1.54, 1.807) is 12.3 Å². The van der Waals surface area contributed by atoms with Crippen LogP contribution in [0.5, 0.6) is 11.5 Å². The molecular formula is C18H18Br2N2O3S. The van der Waals surface area contributed by atoms with Crippen LogP contribution in [0, 0.1) is 0 Å². The first-order valence-corrected chi connectivity index (χ1v) is 10.7. The van der Waals surface area contributed by atoms with Crippen LogP contribution in [0.15, 0.2) is 20.0 Å². The molecule has 0 atom stereocenters. The quantitative estimate of drug-likeness (QED) is 0.558. The number of phenolic OH excluding ortho intramolecular Hbond substituents is 1. The average molecular weight is 502 g/mol. The summed E-state index contributed by atoms with van der Waals surface area (Å²) in [6, 6.07) is 1.70. The molecule has 1 aromatic carbocycles. The summed E-state index contributed by atoms with van der Waals surface area (Å²) in [5.74, 6) is -0.0394. The van der Waals surface area contributed by atoms with Gasteiger partial charge in [0.05, 0.1) is 16.6 Å². The third-order valence-corrected chi connectivity index (χ3v) is 7.55. The minimum absolute atomic E-state index is 0.0280. The highest BCUT2D eigenvalue weighted by Gasteiger charge is 2.23. The van der Waals surface area contributed by atoms with E-state index in [-0.39, 0.29) is 5.75 Å². The van der Waals surface area contributed by atoms with Gasteiger partial charge in [-0.05, 0) is 76.1 Å². The van der Waals surface area contributed by atoms with Crippen molar-refractivity contribution < 1.29 is 14.6 Å². The number of ether oxygens (including phenoxy) is 1. The maximum Gasteiger partial charge on any atom is 0.252 e. The number of nitrogens with zero attached hydrogens (tertiary/aromatic N) is 1. The molecule has 26 heavy (non-hydrogen) atoms. The molecule has 138 valence electrons. The Labute approximate surface area is 172 Å². The summed E-state index contributed by atoms with van der Waals surface area (Å²) >= 11 is 8.33. The zero-order chi connectivity index (χ0) is 18.8. The van der Waals surface area contributed by atoms with Crippen molar-refractivity contribution in [2.24, 2.45) is 10.7 Å². The van der Waals surface area contributed by atoms with Crippen LogP contribution < -0.4 is 10.5 Å². The van der Waals surface area contributed by atoms with E-state index in [4.69, 9.17) is 10.5 Å². The molecule has 1 amide bonds. The van der Waals surface area contributed by atoms with Crippen molar-refractivity contribution in [2.45, 2.75) is 32.6 Å². The number of fused-ring (bicyclic) bond motifs is 1. The number of phenols is 1. The Morgan fingerprint density at radius 3 is 2.81 bits per heavy atom. The number of thiophene rings is 1. The number of aromatic hydroxyl groups is 1. The number of nitrogens with two attached hydrogens (primary N) is 1. The molecule has 1 aliphatic carbocycles. The predicted octanol–water partition coefficient (Wildman–Crippen LogP) is 5.11. The Hall–Kier alpha value is -1.38. The lowest BCUT2D eigenvalue weighted by molar-refractivity contribution is 0.100. The number of amides is 1. The molecule has 0 radical (unpaired) electrons. The summed E-state index contributed by atoms with van der Waals surface area (Å²) in [6.07, 6.45) is 5.70. The molecule has 0 unspecified atom stereocenters. The largest absolute Gasteiger partial charge is 0.503 e. The van der Waals surface area contributed by atoms with Gasteiger partial charge in [0, 0.05) is 21.1 Å². The average Bonchev–Trinajstić information content (AvgIpc) is 3.00. The first-order chi connectivity index (χ1) is 12.4. The van der Waals surface area contributed by atoms with Gasteiger partial charge in [0.1, 0.15) is 5.00 Å². The van der Waals surface area contributed by atoms with E-state index in [0.29, 0.717) is 31.9 Å². The Kier molecular flexibility index (Phi) is 6.04. The van der Waals surface area contributed by atoms with Gasteiger partial charge in [-0.2, -0.15) is 0 Å². The van der Waals surface area contributed by atoms with E-state index >= 15 is 0 Å². The molecule has 2 aromatic rings. The van der Waals surface area contributed by atoms with Crippen molar-refractivity contribution in [3.63, 3.8) is 0 Å². The minimum atomic E-state index is -0.433. The zero-order valence-corrected chi connectivity index (χ0v) is 18.1. The van der Waals surface area contributed by atoms with Gasteiger partial charge < -0.3 is 15.6 Å². The Morgan fingerprint density at radius 1 is 1.38 bits per heavy atom. The van der Waals surface area contributed by atoms with Gasteiger partial charge in [-0.1, -0.05) is 0 Å². The molecule has 1 aliphatic rings. The number of benzene rings is 1. The van der Waals surface area contributed by atoms with Gasteiger partial charge in [0.25, 0.3) is 5.91 Å². The minimum Gasteiger partial charge on any atom is -0.503 e. The number of primary amides is 1. The fraction of sp³-hybridized carbons (Fsp3) is 0.333. The van der Waals surface area contributed by atoms with Crippen LogP contribution in [-0.4, -0.2) is 23.8 Å². The van der Waals surface area contributed by atoms with Crippen LogP contribution in [0.1, 0.15) is 46.1 Å². The number of hydrogen-bond acceptors (Lipinski definition) is 5. The second kappa shape index (κ2) is 8.10. The monoisotopic (exact) mass is 500 g/mol. The third kappa shape index (κ3) is 3.68. The maximum absolute atomic E-state index is 12.0. The molecule has 0 bridgehead atoms. The van der Waals surface area contributed by atoms with Crippen molar-refractivity contribution in [3.05, 3.63) is 36.6 Å². The third-order valence-electron chi connectivity index (χ3n) is 4.19. The normalized spacial score (nSPS) is 13.8. The lowest BCUT2D eigenvalue weighted by Crippen LogP contribution is -2.14. The van der Waals surface area contributed by atoms with Crippen LogP contribution in [0.25, 0.3) is 0 Å². The number of aryl methyl sites for hydroxylation is 1. The topological polar surface area (TPSA) is 84.9 Å². The summed E-state index contributed by atoms with van der Waals surface area (Å²) in [5.41, 5.74) is 7.93. The molecule has 8 heteroatoms. The molecule has 3 rings (SSSR count). The highest BCUT2D eigenvalue weighted by Crippen LogP contribution is 2.42. The van der Waals surface area contributed by atoms with Gasteiger partial charge in [-0.15, -0.1) is 11.3 Å². The van der Waals surface area contributed by atoms with Crippen LogP contribution in [0.2, 0.25) is 0 Å². The molecule has 0 spiro atoms. The number of carbonyl (C=O) groups is 1. The summed E-state index contributed by atoms with van der Waals surface area (Å²) in [6.45, 7) is 2.28. The standard InChI is InChI=1S/C18H18Br2N2O3S/c1-2-25-11-7-9(14(19)15(20)16(11)23)8-22-18-13(17(21)24)10-5-3-4-6-12(10)26-18/h7-8,23H,2-6H2,1H3,(H2,21,24). The van der Waals surface area contributed by atoms with E-state index in [1.807, 2.05) is 6.92 Å². The lowest BCUT2D eigenvalue weighted by Gasteiger charge is -2.11. The molecule has 0 saturated carbocycles. The van der Waals surface area contributed by atoms with E-state index in [2.05, 4.69) is 36.9 Å². The molecule has 1 heterocycles. The summed E-state index contributed by atoms with van der Waals surface area (Å²) in [5, 5.41) is 10.8. The summed E-state index contributed by atoms with van der Waals surface area (Å²) in [7, 11) is 0. The van der Waals surface area contributed by atoms with Gasteiger partial charge in [-0.25, -0.2) is 4.99 Å². The van der Waals surface area contributed by atoms with Crippen molar-refractivity contribution in [2.75, 3.05) is 6.61 Å². The molecule has 0 fully saturated rings. The zero-order valence-electron chi connectivity index (χ0n) is 14.1. The second-order valence-electron chi connectivity index (χ2n) is 5.89. The van der Waals surface area contributed by atoms with Gasteiger partial charge in [-0.3, -0.25) is 4.79 Å². The number of aliphatic imine (C=N–C) groups is 1. The number of carbonyl (C=O) groups excluding carboxylic acids is 1. The number of halogens is 2. The molecule has 0 saturated heterocycles. The highest BCUT2D eigenvalue weighted by atomic mass is 79.9. The fourth-order valence-corrected chi connectivity index (χ4v) is 5.06. The van der Waals surface area contributed by atoms with E-state index in [0.717, 1.165) is 36.8 Å². The van der Waals surface area contributed by atoms with Crippen LogP contribution >= 0.6 is 43.2 Å². The molecule has 5 nitrogen and oxygen atoms in total. The first kappa shape index (κ1) is 19.4. The van der Waals surface area contributed by atoms with Crippen molar-refractivity contribution >= 4 is 60.3 Å². The van der Waals surface area contributed by atoms with Crippen molar-refractivity contribution in [3.8, 4) is 11.5 Å². The first-order valence-electron chi connectivity index (χ1n) is 8.26. The highest BCUT2D eigenvalue weighted by molar-refractivity contribution is 9.13. The molecule has 3 N–H and O–H groups in total. The van der Waals surface area contributed by atoms with Gasteiger partial charge in [0.15, 0.2) is 11.5 Å². The van der Waals surface area contributed by atoms with Crippen molar-refractivity contribution in [1.29, 1.82) is 0 Å². The number of rotatable bonds is 5. The summed E-state index contributed by atoms with van der Waals surface area (Å²) < 4.78 is 6.61. The molecule has 0 aliphatic heterocycles. The van der Waals surface area contributed by atoms with E-state index in [1.165, 1.54) is 16.2 Å². The second-order valence-corrected chi connectivity index (χ2v) is 8.56. The Morgan fingerprint density at radius 2 is 2.12 bits per heavy atom. The smallest absolute Gasteiger partial charge is 0.252 e. The number of hydrogen-bond donors (Lipinski definition) is 2. The predicted molar refractivity (Wildman–Crippen MR) is 111 cm³/mol. The SMILES string of the molecule is CCOc1cc(C=Nc2sc3c(c2C(N)=O)CCCC3)c(Br)c(Br)c1O. The van der Waals surface area contributed by atoms with Crippen LogP contribution in [-0.2, 0) is 12.8 Å². The lowest BCUT2D eigenvalue weighted by atomic mass is 9.95. The summed E-state index contributed by atoms with van der Waals surface area (Å²) in [4.78, 5) is 17.7. The van der Waals surface area contributed by atoms with Crippen LogP contribution in [0.4, 0.5) is 5.00 Å². The Bertz CT molecular complexity index is 893. The van der Waals surface area contributed by atoms with Crippen LogP contribution in [0.3, 0.4) is 0 Å². The maximum atomic E-state index is 12.0. The van der Waals surface area contributed by atoms with E-state index < -0.39 is 5.91 Å². The molecular weight excluding hydrogens is 484 g/mol. The molecule has 1 aromatic heterocycles. The van der Waals surface area contributed by atoms with E-state index in [9.17, 15) is 9.90 Å².